The van der Waals surface area contributed by atoms with Gasteiger partial charge < -0.3 is 10.6 Å². The van der Waals surface area contributed by atoms with Crippen LogP contribution in [0.15, 0.2) is 66.7 Å². The highest BCUT2D eigenvalue weighted by Crippen LogP contribution is 2.26. The Bertz CT molecular complexity index is 1210. The molecule has 2 fully saturated rings. The first-order chi connectivity index (χ1) is 17.5. The minimum Gasteiger partial charge on any atom is -0.349 e. The number of rotatable bonds is 8. The summed E-state index contributed by atoms with van der Waals surface area (Å²) in [5, 5.41) is 6.08. The first-order valence-corrected chi connectivity index (χ1v) is 13.2. The lowest BCUT2D eigenvalue weighted by atomic mass is 9.97. The molecular formula is C31H35N3O2. The second kappa shape index (κ2) is 11.1. The lowest BCUT2D eigenvalue weighted by molar-refractivity contribution is 0.0943. The minimum absolute atomic E-state index is 0.0192. The molecule has 0 bridgehead atoms. The molecule has 0 spiro atoms. The van der Waals surface area contributed by atoms with Crippen molar-refractivity contribution >= 4 is 11.8 Å². The van der Waals surface area contributed by atoms with Crippen LogP contribution in [0, 0.1) is 6.92 Å². The summed E-state index contributed by atoms with van der Waals surface area (Å²) in [5.74, 6) is -0.109. The summed E-state index contributed by atoms with van der Waals surface area (Å²) in [7, 11) is 0. The van der Waals surface area contributed by atoms with Crippen LogP contribution in [-0.4, -0.2) is 35.8 Å². The lowest BCUT2D eigenvalue weighted by Gasteiger charge is -2.26. The molecule has 1 aliphatic heterocycles. The monoisotopic (exact) mass is 481 g/mol. The predicted molar refractivity (Wildman–Crippen MR) is 144 cm³/mol. The summed E-state index contributed by atoms with van der Waals surface area (Å²) < 4.78 is 0. The fourth-order valence-electron chi connectivity index (χ4n) is 4.79. The van der Waals surface area contributed by atoms with Crippen LogP contribution in [0.25, 0.3) is 11.1 Å². The van der Waals surface area contributed by atoms with E-state index in [1.54, 1.807) is 0 Å². The number of nitrogens with zero attached hydrogens (tertiary/aromatic N) is 1. The van der Waals surface area contributed by atoms with Crippen molar-refractivity contribution in [1.29, 1.82) is 0 Å². The molecule has 0 radical (unpaired) electrons. The molecule has 1 saturated heterocycles. The second-order valence-corrected chi connectivity index (χ2v) is 10.2. The molecule has 3 aromatic carbocycles. The summed E-state index contributed by atoms with van der Waals surface area (Å²) in [6.45, 7) is 5.93. The normalized spacial score (nSPS) is 15.9. The molecule has 3 aromatic rings. The number of amides is 2. The van der Waals surface area contributed by atoms with Crippen LogP contribution in [0.3, 0.4) is 0 Å². The number of benzene rings is 3. The molecule has 5 nitrogen and oxygen atoms in total. The molecule has 2 amide bonds. The van der Waals surface area contributed by atoms with Gasteiger partial charge in [-0.1, -0.05) is 48.9 Å². The van der Waals surface area contributed by atoms with Gasteiger partial charge in [0.2, 0.25) is 0 Å². The van der Waals surface area contributed by atoms with E-state index >= 15 is 0 Å². The van der Waals surface area contributed by atoms with Crippen molar-refractivity contribution in [1.82, 2.24) is 15.5 Å². The molecule has 0 aromatic heterocycles. The van der Waals surface area contributed by atoms with Crippen molar-refractivity contribution in [2.24, 2.45) is 0 Å². The van der Waals surface area contributed by atoms with Gasteiger partial charge in [-0.2, -0.15) is 0 Å². The van der Waals surface area contributed by atoms with E-state index in [1.807, 2.05) is 49.4 Å². The Morgan fingerprint density at radius 2 is 1.47 bits per heavy atom. The maximum atomic E-state index is 12.7. The standard InChI is InChI=1S/C31H35N3O2/c1-22-5-10-27(31(36)33-28-15-16-28)19-29(22)25-11-13-26(14-12-25)30(35)32-20-23-6-8-24(9-7-23)21-34-17-3-2-4-18-34/h5-14,19,28H,2-4,15-18,20-21H2,1H3,(H,32,35)(H,33,36). The van der Waals surface area contributed by atoms with Gasteiger partial charge in [-0.05, 0) is 97.8 Å². The van der Waals surface area contributed by atoms with Crippen molar-refractivity contribution in [2.75, 3.05) is 13.1 Å². The number of piperidine rings is 1. The van der Waals surface area contributed by atoms with Gasteiger partial charge >= 0.3 is 0 Å². The van der Waals surface area contributed by atoms with Crippen molar-refractivity contribution < 1.29 is 9.59 Å². The van der Waals surface area contributed by atoms with E-state index < -0.39 is 0 Å². The minimum atomic E-state index is -0.0896. The number of hydrogen-bond acceptors (Lipinski definition) is 3. The van der Waals surface area contributed by atoms with Crippen LogP contribution in [0.1, 0.15) is 69.5 Å². The Morgan fingerprint density at radius 1 is 0.806 bits per heavy atom. The van der Waals surface area contributed by atoms with Gasteiger partial charge in [-0.3, -0.25) is 14.5 Å². The van der Waals surface area contributed by atoms with Crippen molar-refractivity contribution in [3.63, 3.8) is 0 Å². The summed E-state index contributed by atoms with van der Waals surface area (Å²) in [5.41, 5.74) is 6.82. The van der Waals surface area contributed by atoms with Crippen LogP contribution in [0.2, 0.25) is 0 Å². The van der Waals surface area contributed by atoms with Crippen molar-refractivity contribution in [3.05, 3.63) is 94.5 Å². The molecule has 5 heteroatoms. The molecule has 5 rings (SSSR count). The Hall–Kier alpha value is -3.44. The van der Waals surface area contributed by atoms with E-state index in [0.717, 1.165) is 41.6 Å². The van der Waals surface area contributed by atoms with Crippen LogP contribution < -0.4 is 10.6 Å². The molecule has 1 saturated carbocycles. The SMILES string of the molecule is Cc1ccc(C(=O)NC2CC2)cc1-c1ccc(C(=O)NCc2ccc(CN3CCCCC3)cc2)cc1. The summed E-state index contributed by atoms with van der Waals surface area (Å²) >= 11 is 0. The van der Waals surface area contributed by atoms with Gasteiger partial charge in [-0.25, -0.2) is 0 Å². The fourth-order valence-corrected chi connectivity index (χ4v) is 4.79. The smallest absolute Gasteiger partial charge is 0.251 e. The van der Waals surface area contributed by atoms with E-state index in [4.69, 9.17) is 0 Å². The third-order valence-electron chi connectivity index (χ3n) is 7.20. The molecule has 1 aliphatic carbocycles. The van der Waals surface area contributed by atoms with E-state index in [1.165, 1.54) is 37.9 Å². The average Bonchev–Trinajstić information content (AvgIpc) is 3.73. The first-order valence-electron chi connectivity index (χ1n) is 13.2. The van der Waals surface area contributed by atoms with Gasteiger partial charge in [-0.15, -0.1) is 0 Å². The zero-order valence-corrected chi connectivity index (χ0v) is 21.1. The van der Waals surface area contributed by atoms with Gasteiger partial charge in [0.1, 0.15) is 0 Å². The van der Waals surface area contributed by atoms with E-state index in [9.17, 15) is 9.59 Å². The number of nitrogens with one attached hydrogen (secondary N) is 2. The largest absolute Gasteiger partial charge is 0.349 e. The molecule has 0 atom stereocenters. The Labute approximate surface area is 213 Å². The summed E-state index contributed by atoms with van der Waals surface area (Å²) in [6, 6.07) is 22.3. The van der Waals surface area contributed by atoms with Crippen molar-refractivity contribution in [3.8, 4) is 11.1 Å². The number of carbonyl (C=O) groups excluding carboxylic acids is 2. The molecule has 2 aliphatic rings. The third kappa shape index (κ3) is 6.21. The molecule has 0 unspecified atom stereocenters. The highest BCUT2D eigenvalue weighted by molar-refractivity contribution is 5.97. The molecular weight excluding hydrogens is 446 g/mol. The summed E-state index contributed by atoms with van der Waals surface area (Å²) in [6.07, 6.45) is 6.09. The third-order valence-corrected chi connectivity index (χ3v) is 7.20. The topological polar surface area (TPSA) is 61.4 Å². The fraction of sp³-hybridized carbons (Fsp3) is 0.355. The van der Waals surface area contributed by atoms with Gasteiger partial charge in [0.15, 0.2) is 0 Å². The molecule has 36 heavy (non-hydrogen) atoms. The van der Waals surface area contributed by atoms with Crippen LogP contribution >= 0.6 is 0 Å². The second-order valence-electron chi connectivity index (χ2n) is 10.2. The zero-order valence-electron chi connectivity index (χ0n) is 21.1. The van der Waals surface area contributed by atoms with Crippen LogP contribution in [-0.2, 0) is 13.1 Å². The Kier molecular flexibility index (Phi) is 7.47. The zero-order chi connectivity index (χ0) is 24.9. The Morgan fingerprint density at radius 3 is 2.17 bits per heavy atom. The maximum Gasteiger partial charge on any atom is 0.251 e. The number of aryl methyl sites for hydroxylation is 1. The van der Waals surface area contributed by atoms with Gasteiger partial charge in [0.25, 0.3) is 11.8 Å². The molecule has 2 N–H and O–H groups in total. The highest BCUT2D eigenvalue weighted by Gasteiger charge is 2.24. The maximum absolute atomic E-state index is 12.7. The predicted octanol–water partition coefficient (Wildman–Crippen LogP) is 5.47. The van der Waals surface area contributed by atoms with E-state index in [0.29, 0.717) is 23.7 Å². The van der Waals surface area contributed by atoms with E-state index in [2.05, 4.69) is 39.8 Å². The molecule has 186 valence electrons. The first kappa shape index (κ1) is 24.3. The van der Waals surface area contributed by atoms with Crippen molar-refractivity contribution in [2.45, 2.75) is 58.2 Å². The number of carbonyl (C=O) groups is 2. The van der Waals surface area contributed by atoms with Gasteiger partial charge in [0.05, 0.1) is 0 Å². The number of hydrogen-bond donors (Lipinski definition) is 2. The number of likely N-dealkylation sites (tertiary alicyclic amines) is 1. The van der Waals surface area contributed by atoms with E-state index in [-0.39, 0.29) is 11.8 Å². The van der Waals surface area contributed by atoms with Crippen LogP contribution in [0.4, 0.5) is 0 Å². The Balaban J connectivity index is 1.17. The lowest BCUT2D eigenvalue weighted by Crippen LogP contribution is -2.29. The van der Waals surface area contributed by atoms with Crippen LogP contribution in [0.5, 0.6) is 0 Å². The highest BCUT2D eigenvalue weighted by atomic mass is 16.2. The quantitative estimate of drug-likeness (QED) is 0.449. The summed E-state index contributed by atoms with van der Waals surface area (Å²) in [4.78, 5) is 27.7. The van der Waals surface area contributed by atoms with Gasteiger partial charge in [0, 0.05) is 30.3 Å². The molecule has 1 heterocycles. The average molecular weight is 482 g/mol.